The zero-order valence-corrected chi connectivity index (χ0v) is 20.7. The second kappa shape index (κ2) is 9.36. The van der Waals surface area contributed by atoms with Gasteiger partial charge in [-0.1, -0.05) is 0 Å². The number of nitrogens with one attached hydrogen (secondary N) is 1. The first-order chi connectivity index (χ1) is 18.0. The Morgan fingerprint density at radius 1 is 1.08 bits per heavy atom. The van der Waals surface area contributed by atoms with Crippen molar-refractivity contribution in [3.05, 3.63) is 66.8 Å². The lowest BCUT2D eigenvalue weighted by Gasteiger charge is -2.22. The molecule has 5 aromatic rings. The van der Waals surface area contributed by atoms with Gasteiger partial charge < -0.3 is 20.2 Å². The summed E-state index contributed by atoms with van der Waals surface area (Å²) < 4.78 is 30.4. The molecule has 1 saturated heterocycles. The highest BCUT2D eigenvalue weighted by Gasteiger charge is 2.22. The Hall–Kier alpha value is -4.18. The zero-order valence-electron chi connectivity index (χ0n) is 20.7. The van der Waals surface area contributed by atoms with Crippen LogP contribution in [0.1, 0.15) is 37.5 Å². The minimum atomic E-state index is -0.517. The Morgan fingerprint density at radius 3 is 2.68 bits per heavy atom. The van der Waals surface area contributed by atoms with Crippen molar-refractivity contribution >= 4 is 16.8 Å². The van der Waals surface area contributed by atoms with Crippen molar-refractivity contribution in [2.24, 2.45) is 7.05 Å². The summed E-state index contributed by atoms with van der Waals surface area (Å²) in [5.74, 6) is 0.172. The van der Waals surface area contributed by atoms with Gasteiger partial charge in [-0.2, -0.15) is 10.2 Å². The Balaban J connectivity index is 1.31. The van der Waals surface area contributed by atoms with Gasteiger partial charge in [0.2, 0.25) is 5.75 Å². The summed E-state index contributed by atoms with van der Waals surface area (Å²) in [4.78, 5) is 4.37. The van der Waals surface area contributed by atoms with Crippen LogP contribution in [0.25, 0.3) is 33.2 Å². The number of benzene rings is 1. The number of hydrogen-bond donors (Lipinski definition) is 2. The maximum Gasteiger partial charge on any atom is 0.205 e. The molecule has 0 bridgehead atoms. The van der Waals surface area contributed by atoms with Crippen molar-refractivity contribution in [2.75, 3.05) is 18.8 Å². The van der Waals surface area contributed by atoms with Gasteiger partial charge in [0.15, 0.2) is 11.4 Å². The van der Waals surface area contributed by atoms with Gasteiger partial charge in [-0.3, -0.25) is 9.36 Å². The molecule has 0 amide bonds. The molecule has 5 heterocycles. The number of piperidine rings is 1. The average Bonchev–Trinajstić information content (AvgIpc) is 3.65. The Kier molecular flexibility index (Phi) is 5.88. The molecule has 0 spiro atoms. The fourth-order valence-corrected chi connectivity index (χ4v) is 4.89. The van der Waals surface area contributed by atoms with Gasteiger partial charge in [0, 0.05) is 42.3 Å². The number of nitrogens with two attached hydrogens (primary N) is 1. The molecule has 1 aromatic carbocycles. The number of hydrogen-bond acceptors (Lipinski definition) is 7. The fourth-order valence-electron chi connectivity index (χ4n) is 4.89. The van der Waals surface area contributed by atoms with E-state index in [9.17, 15) is 4.39 Å². The molecule has 9 nitrogen and oxygen atoms in total. The molecule has 1 unspecified atom stereocenters. The fraction of sp³-hybridized carbons (Fsp3) is 0.296. The summed E-state index contributed by atoms with van der Waals surface area (Å²) in [6.45, 7) is 3.82. The molecule has 10 heteroatoms. The standard InChI is InChI=1S/C27H28FN7O2/c1-16(17-7-18(9-21(28)8-17)19-10-32-34(2)13-19)37-26-25-23(12-31-27(26)29)24(15-36-25)20-11-33-35(14-20)22-3-5-30-6-4-22/h7-16,22,30H,3-6H2,1-2H3,(H2,29,31). The van der Waals surface area contributed by atoms with Gasteiger partial charge in [-0.05, 0) is 62.2 Å². The minimum absolute atomic E-state index is 0.203. The number of fused-ring (bicyclic) bond motifs is 1. The van der Waals surface area contributed by atoms with E-state index in [4.69, 9.17) is 14.9 Å². The van der Waals surface area contributed by atoms with E-state index in [0.717, 1.165) is 48.0 Å². The summed E-state index contributed by atoms with van der Waals surface area (Å²) in [6, 6.07) is 5.20. The van der Waals surface area contributed by atoms with Crippen molar-refractivity contribution in [2.45, 2.75) is 31.9 Å². The maximum absolute atomic E-state index is 14.5. The van der Waals surface area contributed by atoms with Crippen molar-refractivity contribution in [1.82, 2.24) is 29.9 Å². The average molecular weight is 502 g/mol. The van der Waals surface area contributed by atoms with Crippen LogP contribution in [0.2, 0.25) is 0 Å². The normalized spacial score (nSPS) is 15.3. The minimum Gasteiger partial charge on any atom is -0.479 e. The number of nitrogens with zero attached hydrogens (tertiary/aromatic N) is 5. The maximum atomic E-state index is 14.5. The molecule has 0 saturated carbocycles. The topological polar surface area (TPSA) is 109 Å². The summed E-state index contributed by atoms with van der Waals surface area (Å²) in [6.07, 6.45) is 12.4. The number of furan rings is 1. The number of halogens is 1. The predicted molar refractivity (Wildman–Crippen MR) is 138 cm³/mol. The highest BCUT2D eigenvalue weighted by atomic mass is 19.1. The van der Waals surface area contributed by atoms with Gasteiger partial charge in [-0.25, -0.2) is 9.37 Å². The molecule has 37 heavy (non-hydrogen) atoms. The van der Waals surface area contributed by atoms with E-state index in [2.05, 4.69) is 20.5 Å². The summed E-state index contributed by atoms with van der Waals surface area (Å²) >= 11 is 0. The van der Waals surface area contributed by atoms with Crippen LogP contribution in [0.5, 0.6) is 5.75 Å². The molecule has 0 aliphatic carbocycles. The van der Waals surface area contributed by atoms with Gasteiger partial charge in [0.25, 0.3) is 0 Å². The van der Waals surface area contributed by atoms with E-state index in [1.165, 1.54) is 12.1 Å². The lowest BCUT2D eigenvalue weighted by Crippen LogP contribution is -2.29. The number of ether oxygens (including phenoxy) is 1. The molecule has 4 aromatic heterocycles. The van der Waals surface area contributed by atoms with Crippen molar-refractivity contribution in [3.8, 4) is 28.0 Å². The lowest BCUT2D eigenvalue weighted by molar-refractivity contribution is 0.227. The predicted octanol–water partition coefficient (Wildman–Crippen LogP) is 4.88. The summed E-state index contributed by atoms with van der Waals surface area (Å²) in [5.41, 5.74) is 10.7. The van der Waals surface area contributed by atoms with Crippen LogP contribution >= 0.6 is 0 Å². The molecule has 6 rings (SSSR count). The summed E-state index contributed by atoms with van der Waals surface area (Å²) in [7, 11) is 1.82. The molecule has 1 aliphatic rings. The van der Waals surface area contributed by atoms with E-state index in [0.29, 0.717) is 28.5 Å². The Bertz CT molecular complexity index is 1560. The van der Waals surface area contributed by atoms with Crippen molar-refractivity contribution in [3.63, 3.8) is 0 Å². The first kappa shape index (κ1) is 23.2. The third kappa shape index (κ3) is 4.44. The summed E-state index contributed by atoms with van der Waals surface area (Å²) in [5, 5.41) is 12.9. The third-order valence-corrected chi connectivity index (χ3v) is 6.92. The number of rotatable bonds is 6. The quantitative estimate of drug-likeness (QED) is 0.341. The third-order valence-electron chi connectivity index (χ3n) is 6.92. The number of aromatic nitrogens is 5. The van der Waals surface area contributed by atoms with Crippen LogP contribution in [0.3, 0.4) is 0 Å². The second-order valence-corrected chi connectivity index (χ2v) is 9.49. The molecule has 1 aliphatic heterocycles. The van der Waals surface area contributed by atoms with E-state index >= 15 is 0 Å². The first-order valence-electron chi connectivity index (χ1n) is 12.3. The van der Waals surface area contributed by atoms with Crippen LogP contribution in [0.4, 0.5) is 10.2 Å². The highest BCUT2D eigenvalue weighted by Crippen LogP contribution is 2.40. The number of aryl methyl sites for hydroxylation is 1. The lowest BCUT2D eigenvalue weighted by atomic mass is 10.0. The van der Waals surface area contributed by atoms with Crippen LogP contribution in [-0.4, -0.2) is 37.6 Å². The highest BCUT2D eigenvalue weighted by molar-refractivity contribution is 5.97. The van der Waals surface area contributed by atoms with Crippen LogP contribution in [-0.2, 0) is 7.05 Å². The van der Waals surface area contributed by atoms with Gasteiger partial charge in [-0.15, -0.1) is 0 Å². The molecule has 0 radical (unpaired) electrons. The molecule has 190 valence electrons. The second-order valence-electron chi connectivity index (χ2n) is 9.49. The number of pyridine rings is 1. The van der Waals surface area contributed by atoms with Crippen LogP contribution < -0.4 is 15.8 Å². The van der Waals surface area contributed by atoms with Gasteiger partial charge in [0.05, 0.1) is 23.8 Å². The van der Waals surface area contributed by atoms with Crippen molar-refractivity contribution in [1.29, 1.82) is 0 Å². The molecule has 3 N–H and O–H groups in total. The number of nitrogen functional groups attached to an aromatic ring is 1. The zero-order chi connectivity index (χ0) is 25.5. The van der Waals surface area contributed by atoms with Gasteiger partial charge in [0.1, 0.15) is 18.2 Å². The van der Waals surface area contributed by atoms with Crippen LogP contribution in [0, 0.1) is 5.82 Å². The van der Waals surface area contributed by atoms with E-state index < -0.39 is 6.10 Å². The van der Waals surface area contributed by atoms with Gasteiger partial charge >= 0.3 is 0 Å². The Morgan fingerprint density at radius 2 is 1.89 bits per heavy atom. The number of anilines is 1. The molecule has 1 atom stereocenters. The van der Waals surface area contributed by atoms with E-state index in [1.54, 1.807) is 23.3 Å². The molecular formula is C27H28FN7O2. The monoisotopic (exact) mass is 501 g/mol. The smallest absolute Gasteiger partial charge is 0.205 e. The largest absolute Gasteiger partial charge is 0.479 e. The van der Waals surface area contributed by atoms with Crippen LogP contribution in [0.15, 0.2) is 59.9 Å². The molecular weight excluding hydrogens is 473 g/mol. The SMILES string of the molecule is CC(Oc1c(N)ncc2c(-c3cnn(C4CCNCC4)c3)coc12)c1cc(F)cc(-c2cnn(C)c2)c1. The van der Waals surface area contributed by atoms with E-state index in [-0.39, 0.29) is 11.6 Å². The Labute approximate surface area is 213 Å². The van der Waals surface area contributed by atoms with E-state index in [1.807, 2.05) is 43.3 Å². The molecule has 1 fully saturated rings. The van der Waals surface area contributed by atoms with Crippen molar-refractivity contribution < 1.29 is 13.5 Å². The first-order valence-corrected chi connectivity index (χ1v) is 12.3.